The predicted octanol–water partition coefficient (Wildman–Crippen LogP) is 1.79. The van der Waals surface area contributed by atoms with Gasteiger partial charge in [0.2, 0.25) is 10.0 Å². The van der Waals surface area contributed by atoms with E-state index in [-0.39, 0.29) is 6.54 Å². The maximum Gasteiger partial charge on any atom is 0.244 e. The molecule has 0 bridgehead atoms. The highest BCUT2D eigenvalue weighted by Crippen LogP contribution is 2.39. The van der Waals surface area contributed by atoms with Crippen LogP contribution in [0.3, 0.4) is 0 Å². The lowest BCUT2D eigenvalue weighted by atomic mass is 10.3. The quantitative estimate of drug-likeness (QED) is 0.898. The lowest BCUT2D eigenvalue weighted by molar-refractivity contribution is 0.444. The van der Waals surface area contributed by atoms with Gasteiger partial charge in [-0.3, -0.25) is 0 Å². The number of hydrogen-bond acceptors (Lipinski definition) is 4. The molecule has 2 N–H and O–H groups in total. The molecule has 1 aromatic heterocycles. The standard InChI is InChI=1S/C12H20N2O2S2/c1-8-4-10(8)6-14(3)18(15,16)12-9(2)7-17-11(12)5-13/h7-8,10H,4-6,13H2,1-3H3. The molecule has 1 fully saturated rings. The molecule has 1 saturated carbocycles. The lowest BCUT2D eigenvalue weighted by Gasteiger charge is -2.18. The monoisotopic (exact) mass is 288 g/mol. The van der Waals surface area contributed by atoms with Crippen LogP contribution < -0.4 is 5.73 Å². The van der Waals surface area contributed by atoms with Crippen molar-refractivity contribution < 1.29 is 8.42 Å². The normalized spacial score (nSPS) is 23.6. The van der Waals surface area contributed by atoms with Crippen LogP contribution in [-0.2, 0) is 16.6 Å². The molecular weight excluding hydrogens is 268 g/mol. The number of thiophene rings is 1. The fraction of sp³-hybridized carbons (Fsp3) is 0.667. The predicted molar refractivity (Wildman–Crippen MR) is 74.0 cm³/mol. The van der Waals surface area contributed by atoms with Crippen molar-refractivity contribution >= 4 is 21.4 Å². The van der Waals surface area contributed by atoms with Gasteiger partial charge < -0.3 is 5.73 Å². The first kappa shape index (κ1) is 14.0. The van der Waals surface area contributed by atoms with Gasteiger partial charge in [0.1, 0.15) is 4.90 Å². The minimum atomic E-state index is -3.38. The molecule has 4 nitrogen and oxygen atoms in total. The number of nitrogens with two attached hydrogens (primary N) is 1. The summed E-state index contributed by atoms with van der Waals surface area (Å²) in [5.41, 5.74) is 6.43. The maximum atomic E-state index is 12.5. The highest BCUT2D eigenvalue weighted by molar-refractivity contribution is 7.89. The third-order valence-corrected chi connectivity index (χ3v) is 6.92. The molecule has 0 aromatic carbocycles. The van der Waals surface area contributed by atoms with E-state index in [1.54, 1.807) is 7.05 Å². The van der Waals surface area contributed by atoms with E-state index in [1.807, 2.05) is 12.3 Å². The van der Waals surface area contributed by atoms with Crippen molar-refractivity contribution in [2.45, 2.75) is 31.7 Å². The minimum Gasteiger partial charge on any atom is -0.326 e. The number of hydrogen-bond donors (Lipinski definition) is 1. The van der Waals surface area contributed by atoms with E-state index >= 15 is 0 Å². The summed E-state index contributed by atoms with van der Waals surface area (Å²) in [7, 11) is -1.72. The van der Waals surface area contributed by atoms with Crippen LogP contribution in [-0.4, -0.2) is 26.3 Å². The van der Waals surface area contributed by atoms with Gasteiger partial charge in [0, 0.05) is 25.0 Å². The van der Waals surface area contributed by atoms with Crippen LogP contribution in [0.25, 0.3) is 0 Å². The van der Waals surface area contributed by atoms with Gasteiger partial charge in [-0.1, -0.05) is 6.92 Å². The third kappa shape index (κ3) is 2.47. The second-order valence-electron chi connectivity index (χ2n) is 5.13. The van der Waals surface area contributed by atoms with E-state index < -0.39 is 10.0 Å². The van der Waals surface area contributed by atoms with E-state index in [0.29, 0.717) is 23.3 Å². The van der Waals surface area contributed by atoms with Crippen molar-refractivity contribution in [2.24, 2.45) is 17.6 Å². The first-order valence-corrected chi connectivity index (χ1v) is 8.43. The molecule has 2 atom stereocenters. The first-order valence-electron chi connectivity index (χ1n) is 6.11. The molecule has 6 heteroatoms. The Morgan fingerprint density at radius 1 is 1.56 bits per heavy atom. The third-order valence-electron chi connectivity index (χ3n) is 3.61. The topological polar surface area (TPSA) is 63.4 Å². The van der Waals surface area contributed by atoms with Crippen LogP contribution >= 0.6 is 11.3 Å². The summed E-state index contributed by atoms with van der Waals surface area (Å²) in [5.74, 6) is 1.17. The highest BCUT2D eigenvalue weighted by atomic mass is 32.2. The molecule has 1 aliphatic rings. The van der Waals surface area contributed by atoms with Gasteiger partial charge in [0.25, 0.3) is 0 Å². The number of sulfonamides is 1. The Balaban J connectivity index is 2.26. The Kier molecular flexibility index (Phi) is 3.82. The minimum absolute atomic E-state index is 0.279. The van der Waals surface area contributed by atoms with Crippen molar-refractivity contribution in [3.63, 3.8) is 0 Å². The summed E-state index contributed by atoms with van der Waals surface area (Å²) < 4.78 is 26.6. The zero-order chi connectivity index (χ0) is 13.5. The Morgan fingerprint density at radius 3 is 2.67 bits per heavy atom. The Bertz CT molecular complexity index is 536. The summed E-state index contributed by atoms with van der Waals surface area (Å²) in [5, 5.41) is 1.86. The maximum absolute atomic E-state index is 12.5. The Hall–Kier alpha value is -0.430. The van der Waals surface area contributed by atoms with Gasteiger partial charge >= 0.3 is 0 Å². The molecule has 1 heterocycles. The van der Waals surface area contributed by atoms with E-state index in [9.17, 15) is 8.42 Å². The van der Waals surface area contributed by atoms with Crippen molar-refractivity contribution in [3.05, 3.63) is 15.8 Å². The smallest absolute Gasteiger partial charge is 0.244 e. The molecule has 2 unspecified atom stereocenters. The molecule has 1 aromatic rings. The van der Waals surface area contributed by atoms with E-state index in [1.165, 1.54) is 15.6 Å². The molecule has 0 aliphatic heterocycles. The molecule has 2 rings (SSSR count). The van der Waals surface area contributed by atoms with Gasteiger partial charge in [-0.25, -0.2) is 12.7 Å². The summed E-state index contributed by atoms with van der Waals surface area (Å²) in [4.78, 5) is 1.17. The molecule has 1 aliphatic carbocycles. The number of aryl methyl sites for hydroxylation is 1. The average Bonchev–Trinajstić information content (AvgIpc) is 2.85. The fourth-order valence-electron chi connectivity index (χ4n) is 2.21. The van der Waals surface area contributed by atoms with Crippen molar-refractivity contribution in [2.75, 3.05) is 13.6 Å². The van der Waals surface area contributed by atoms with Crippen molar-refractivity contribution in [1.29, 1.82) is 0 Å². The second kappa shape index (κ2) is 4.92. The molecule has 0 radical (unpaired) electrons. The van der Waals surface area contributed by atoms with Crippen LogP contribution in [0.5, 0.6) is 0 Å². The second-order valence-corrected chi connectivity index (χ2v) is 8.08. The van der Waals surface area contributed by atoms with Gasteiger partial charge in [0.15, 0.2) is 0 Å². The van der Waals surface area contributed by atoms with Gasteiger partial charge in [-0.15, -0.1) is 11.3 Å². The largest absolute Gasteiger partial charge is 0.326 e. The highest BCUT2D eigenvalue weighted by Gasteiger charge is 2.37. The van der Waals surface area contributed by atoms with Crippen LogP contribution in [0.15, 0.2) is 10.3 Å². The van der Waals surface area contributed by atoms with Crippen molar-refractivity contribution in [1.82, 2.24) is 4.31 Å². The summed E-state index contributed by atoms with van der Waals surface area (Å²) in [6.07, 6.45) is 1.13. The van der Waals surface area contributed by atoms with Gasteiger partial charge in [0.05, 0.1) is 0 Å². The molecular formula is C12H20N2O2S2. The van der Waals surface area contributed by atoms with E-state index in [2.05, 4.69) is 6.92 Å². The average molecular weight is 288 g/mol. The van der Waals surface area contributed by atoms with Gasteiger partial charge in [-0.05, 0) is 36.1 Å². The summed E-state index contributed by atoms with van der Waals surface area (Å²) >= 11 is 1.42. The zero-order valence-corrected chi connectivity index (χ0v) is 12.6. The van der Waals surface area contributed by atoms with Crippen LogP contribution in [0.2, 0.25) is 0 Å². The zero-order valence-electron chi connectivity index (χ0n) is 11.0. The van der Waals surface area contributed by atoms with Crippen LogP contribution in [0.1, 0.15) is 23.8 Å². The molecule has 0 amide bonds. The van der Waals surface area contributed by atoms with E-state index in [4.69, 9.17) is 5.73 Å². The fourth-order valence-corrected chi connectivity index (χ4v) is 5.08. The molecule has 18 heavy (non-hydrogen) atoms. The number of nitrogens with zero attached hydrogens (tertiary/aromatic N) is 1. The van der Waals surface area contributed by atoms with Crippen LogP contribution in [0, 0.1) is 18.8 Å². The van der Waals surface area contributed by atoms with Crippen LogP contribution in [0.4, 0.5) is 0 Å². The van der Waals surface area contributed by atoms with Gasteiger partial charge in [-0.2, -0.15) is 0 Å². The molecule has 0 spiro atoms. The SMILES string of the molecule is Cc1csc(CN)c1S(=O)(=O)N(C)CC1CC1C. The van der Waals surface area contributed by atoms with E-state index in [0.717, 1.165) is 16.9 Å². The Morgan fingerprint density at radius 2 is 2.17 bits per heavy atom. The number of rotatable bonds is 5. The summed E-state index contributed by atoms with van der Waals surface area (Å²) in [6.45, 7) is 4.88. The Labute approximate surface area is 113 Å². The first-order chi connectivity index (χ1) is 8.37. The molecule has 0 saturated heterocycles. The molecule has 102 valence electrons. The summed E-state index contributed by atoms with van der Waals surface area (Å²) in [6, 6.07) is 0. The van der Waals surface area contributed by atoms with Crippen molar-refractivity contribution in [3.8, 4) is 0 Å². The lowest BCUT2D eigenvalue weighted by Crippen LogP contribution is -2.30.